The molecular formula is C21H42IN5O2. The maximum atomic E-state index is 5.68. The molecule has 3 fully saturated rings. The summed E-state index contributed by atoms with van der Waals surface area (Å²) in [6.45, 7) is 17.1. The molecule has 3 saturated heterocycles. The largest absolute Gasteiger partial charge is 0.381 e. The second-order valence-corrected chi connectivity index (χ2v) is 8.99. The number of aliphatic imine (C=N–C) groups is 1. The molecule has 0 atom stereocenters. The van der Waals surface area contributed by atoms with Crippen LogP contribution in [0.2, 0.25) is 0 Å². The minimum atomic E-state index is 0. The van der Waals surface area contributed by atoms with E-state index >= 15 is 0 Å². The van der Waals surface area contributed by atoms with Gasteiger partial charge >= 0.3 is 0 Å². The Balaban J connectivity index is 0.00000300. The molecule has 3 rings (SSSR count). The van der Waals surface area contributed by atoms with Crippen molar-refractivity contribution < 1.29 is 9.47 Å². The Bertz CT molecular complexity index is 499. The first-order valence-electron chi connectivity index (χ1n) is 11.2. The fraction of sp³-hybridized carbons (Fsp3) is 0.952. The molecule has 0 aromatic carbocycles. The van der Waals surface area contributed by atoms with Crippen molar-refractivity contribution >= 4 is 29.9 Å². The van der Waals surface area contributed by atoms with Gasteiger partial charge in [0.1, 0.15) is 0 Å². The second kappa shape index (κ2) is 12.0. The highest BCUT2D eigenvalue weighted by molar-refractivity contribution is 14.0. The van der Waals surface area contributed by atoms with Crippen LogP contribution in [0.15, 0.2) is 4.99 Å². The quantitative estimate of drug-likeness (QED) is 0.302. The molecule has 0 bridgehead atoms. The number of ether oxygens (including phenoxy) is 2. The molecule has 2 N–H and O–H groups in total. The van der Waals surface area contributed by atoms with Gasteiger partial charge in [-0.2, -0.15) is 0 Å². The number of guanidine groups is 1. The lowest BCUT2D eigenvalue weighted by Crippen LogP contribution is -2.59. The average Bonchev–Trinajstić information content (AvgIpc) is 3.27. The molecule has 0 unspecified atom stereocenters. The van der Waals surface area contributed by atoms with Crippen molar-refractivity contribution in [3.63, 3.8) is 0 Å². The van der Waals surface area contributed by atoms with Gasteiger partial charge in [0.25, 0.3) is 0 Å². The minimum Gasteiger partial charge on any atom is -0.381 e. The van der Waals surface area contributed by atoms with Crippen LogP contribution in [0.5, 0.6) is 0 Å². The maximum Gasteiger partial charge on any atom is 0.191 e. The first kappa shape index (κ1) is 25.1. The summed E-state index contributed by atoms with van der Waals surface area (Å²) in [6.07, 6.45) is 4.87. The molecule has 0 amide bonds. The van der Waals surface area contributed by atoms with Gasteiger partial charge in [0.05, 0.1) is 19.8 Å². The first-order valence-corrected chi connectivity index (χ1v) is 11.2. The molecular weight excluding hydrogens is 481 g/mol. The van der Waals surface area contributed by atoms with Crippen molar-refractivity contribution in [2.75, 3.05) is 72.2 Å². The molecule has 0 aliphatic carbocycles. The Hall–Kier alpha value is -0.160. The molecule has 0 aromatic heterocycles. The van der Waals surface area contributed by atoms with E-state index in [1.54, 1.807) is 0 Å². The Morgan fingerprint density at radius 2 is 1.59 bits per heavy atom. The van der Waals surface area contributed by atoms with Gasteiger partial charge in [-0.05, 0) is 59.5 Å². The average molecular weight is 524 g/mol. The fourth-order valence-electron chi connectivity index (χ4n) is 4.68. The Labute approximate surface area is 194 Å². The number of likely N-dealkylation sites (tertiary alicyclic amines) is 1. The van der Waals surface area contributed by atoms with E-state index in [0.29, 0.717) is 0 Å². The topological polar surface area (TPSA) is 61.4 Å². The van der Waals surface area contributed by atoms with Gasteiger partial charge in [-0.3, -0.25) is 14.8 Å². The molecule has 0 radical (unpaired) electrons. The number of hydrogen-bond donors (Lipinski definition) is 2. The summed E-state index contributed by atoms with van der Waals surface area (Å²) < 4.78 is 11.2. The zero-order valence-corrected chi connectivity index (χ0v) is 21.0. The molecule has 3 heterocycles. The number of hydrogen-bond acceptors (Lipinski definition) is 5. The highest BCUT2D eigenvalue weighted by Gasteiger charge is 2.39. The van der Waals surface area contributed by atoms with E-state index in [9.17, 15) is 0 Å². The van der Waals surface area contributed by atoms with Crippen LogP contribution in [0.1, 0.15) is 46.5 Å². The van der Waals surface area contributed by atoms with Crippen LogP contribution >= 0.6 is 24.0 Å². The van der Waals surface area contributed by atoms with Gasteiger partial charge < -0.3 is 20.1 Å². The molecule has 0 saturated carbocycles. The SMILES string of the molecule is CCNC(=NCC(C)(C)N1CCOCC1)NCC1(N2CCCC2)CCOCC1.I. The van der Waals surface area contributed by atoms with Crippen LogP contribution < -0.4 is 10.6 Å². The standard InChI is InChI=1S/C21H41N5O2.HI/c1-4-22-19(23-17-20(2,3)25-11-15-28-16-12-25)24-18-21(7-13-27-14-8-21)26-9-5-6-10-26;/h4-18H2,1-3H3,(H2,22,23,24);1H. The van der Waals surface area contributed by atoms with Crippen molar-refractivity contribution in [3.05, 3.63) is 0 Å². The highest BCUT2D eigenvalue weighted by atomic mass is 127. The van der Waals surface area contributed by atoms with E-state index in [1.165, 1.54) is 25.9 Å². The zero-order chi connectivity index (χ0) is 19.9. The van der Waals surface area contributed by atoms with Crippen LogP contribution in [0, 0.1) is 0 Å². The van der Waals surface area contributed by atoms with Crippen molar-refractivity contribution in [1.82, 2.24) is 20.4 Å². The van der Waals surface area contributed by atoms with Crippen LogP contribution in [0.25, 0.3) is 0 Å². The predicted molar refractivity (Wildman–Crippen MR) is 129 cm³/mol. The van der Waals surface area contributed by atoms with Crippen LogP contribution in [0.3, 0.4) is 0 Å². The maximum absolute atomic E-state index is 5.68. The predicted octanol–water partition coefficient (Wildman–Crippen LogP) is 1.92. The van der Waals surface area contributed by atoms with E-state index in [4.69, 9.17) is 14.5 Å². The van der Waals surface area contributed by atoms with Gasteiger partial charge in [-0.1, -0.05) is 0 Å². The van der Waals surface area contributed by atoms with Crippen LogP contribution in [-0.4, -0.2) is 99.1 Å². The minimum absolute atomic E-state index is 0. The zero-order valence-electron chi connectivity index (χ0n) is 18.7. The lowest BCUT2D eigenvalue weighted by atomic mass is 9.88. The van der Waals surface area contributed by atoms with Gasteiger partial charge in [-0.25, -0.2) is 0 Å². The smallest absolute Gasteiger partial charge is 0.191 e. The summed E-state index contributed by atoms with van der Waals surface area (Å²) in [5, 5.41) is 7.13. The first-order chi connectivity index (χ1) is 13.6. The Morgan fingerprint density at radius 3 is 2.21 bits per heavy atom. The number of halogens is 1. The van der Waals surface area contributed by atoms with E-state index in [-0.39, 0.29) is 35.1 Å². The number of morpholine rings is 1. The third kappa shape index (κ3) is 6.92. The van der Waals surface area contributed by atoms with E-state index in [2.05, 4.69) is 41.2 Å². The number of nitrogens with one attached hydrogen (secondary N) is 2. The molecule has 170 valence electrons. The molecule has 8 heteroatoms. The second-order valence-electron chi connectivity index (χ2n) is 8.99. The third-order valence-electron chi connectivity index (χ3n) is 6.62. The number of nitrogens with zero attached hydrogens (tertiary/aromatic N) is 3. The molecule has 3 aliphatic heterocycles. The summed E-state index contributed by atoms with van der Waals surface area (Å²) in [7, 11) is 0. The van der Waals surface area contributed by atoms with E-state index in [1.807, 2.05) is 0 Å². The molecule has 0 spiro atoms. The van der Waals surface area contributed by atoms with E-state index in [0.717, 1.165) is 78.0 Å². The van der Waals surface area contributed by atoms with Crippen LogP contribution in [-0.2, 0) is 9.47 Å². The normalized spacial score (nSPS) is 24.2. The van der Waals surface area contributed by atoms with E-state index < -0.39 is 0 Å². The summed E-state index contributed by atoms with van der Waals surface area (Å²) in [5.74, 6) is 0.939. The lowest BCUT2D eigenvalue weighted by molar-refractivity contribution is -0.0164. The number of rotatable bonds is 7. The van der Waals surface area contributed by atoms with Gasteiger partial charge in [0, 0.05) is 50.5 Å². The molecule has 29 heavy (non-hydrogen) atoms. The highest BCUT2D eigenvalue weighted by Crippen LogP contribution is 2.30. The molecule has 7 nitrogen and oxygen atoms in total. The lowest BCUT2D eigenvalue weighted by Gasteiger charge is -2.45. The van der Waals surface area contributed by atoms with Crippen molar-refractivity contribution in [1.29, 1.82) is 0 Å². The summed E-state index contributed by atoms with van der Waals surface area (Å²) in [5.41, 5.74) is 0.252. The molecule has 3 aliphatic rings. The third-order valence-corrected chi connectivity index (χ3v) is 6.62. The molecule has 0 aromatic rings. The summed E-state index contributed by atoms with van der Waals surface area (Å²) in [6, 6.07) is 0. The fourth-order valence-corrected chi connectivity index (χ4v) is 4.68. The van der Waals surface area contributed by atoms with Crippen molar-refractivity contribution in [2.24, 2.45) is 4.99 Å². The Kier molecular flexibility index (Phi) is 10.4. The van der Waals surface area contributed by atoms with Crippen LogP contribution in [0.4, 0.5) is 0 Å². The summed E-state index contributed by atoms with van der Waals surface area (Å²) >= 11 is 0. The van der Waals surface area contributed by atoms with Crippen molar-refractivity contribution in [2.45, 2.75) is 57.5 Å². The van der Waals surface area contributed by atoms with Gasteiger partial charge in [0.2, 0.25) is 0 Å². The summed E-state index contributed by atoms with van der Waals surface area (Å²) in [4.78, 5) is 10.2. The van der Waals surface area contributed by atoms with Gasteiger partial charge in [0.15, 0.2) is 5.96 Å². The Morgan fingerprint density at radius 1 is 0.966 bits per heavy atom. The van der Waals surface area contributed by atoms with Gasteiger partial charge in [-0.15, -0.1) is 24.0 Å². The monoisotopic (exact) mass is 523 g/mol. The van der Waals surface area contributed by atoms with Crippen molar-refractivity contribution in [3.8, 4) is 0 Å².